The van der Waals surface area contributed by atoms with Gasteiger partial charge in [0, 0.05) is 11.2 Å². The van der Waals surface area contributed by atoms with E-state index in [2.05, 4.69) is 10.6 Å². The van der Waals surface area contributed by atoms with Crippen LogP contribution in [-0.4, -0.2) is 23.5 Å². The van der Waals surface area contributed by atoms with E-state index in [1.165, 1.54) is 0 Å². The van der Waals surface area contributed by atoms with Gasteiger partial charge in [-0.1, -0.05) is 12.1 Å². The number of amides is 1. The Bertz CT molecular complexity index is 717. The number of para-hydroxylation sites is 1. The first-order chi connectivity index (χ1) is 11.8. The molecule has 2 rings (SSSR count). The van der Waals surface area contributed by atoms with Gasteiger partial charge in [-0.3, -0.25) is 4.79 Å². The van der Waals surface area contributed by atoms with Crippen LogP contribution in [0.1, 0.15) is 43.8 Å². The van der Waals surface area contributed by atoms with Crippen LogP contribution >= 0.6 is 0 Å². The lowest BCUT2D eigenvalue weighted by Crippen LogP contribution is -2.46. The zero-order valence-corrected chi connectivity index (χ0v) is 15.0. The van der Waals surface area contributed by atoms with Crippen molar-refractivity contribution in [3.63, 3.8) is 0 Å². The van der Waals surface area contributed by atoms with Gasteiger partial charge in [0.2, 0.25) is 0 Å². The van der Waals surface area contributed by atoms with Crippen LogP contribution in [0.5, 0.6) is 0 Å². The number of ether oxygens (including phenoxy) is 1. The Kier molecular flexibility index (Phi) is 5.85. The third kappa shape index (κ3) is 5.67. The van der Waals surface area contributed by atoms with Crippen LogP contribution < -0.4 is 10.6 Å². The van der Waals surface area contributed by atoms with Gasteiger partial charge >= 0.3 is 5.97 Å². The zero-order chi connectivity index (χ0) is 18.4. The molecule has 1 atom stereocenters. The van der Waals surface area contributed by atoms with Crippen LogP contribution in [0.3, 0.4) is 0 Å². The van der Waals surface area contributed by atoms with Gasteiger partial charge in [0.1, 0.15) is 5.76 Å². The van der Waals surface area contributed by atoms with Crippen LogP contribution in [0.4, 0.5) is 5.69 Å². The summed E-state index contributed by atoms with van der Waals surface area (Å²) in [5.41, 5.74) is 0.595. The van der Waals surface area contributed by atoms with Crippen molar-refractivity contribution < 1.29 is 18.7 Å². The fourth-order valence-electron chi connectivity index (χ4n) is 2.16. The number of esters is 1. The van der Waals surface area contributed by atoms with Gasteiger partial charge in [0.05, 0.1) is 18.4 Å². The Morgan fingerprint density at radius 3 is 2.52 bits per heavy atom. The summed E-state index contributed by atoms with van der Waals surface area (Å²) in [5.74, 6) is -0.137. The molecule has 134 valence electrons. The summed E-state index contributed by atoms with van der Waals surface area (Å²) in [6.07, 6.45) is 0.706. The minimum Gasteiger partial charge on any atom is -0.467 e. The monoisotopic (exact) mass is 344 g/mol. The summed E-state index contributed by atoms with van der Waals surface area (Å²) in [4.78, 5) is 24.5. The van der Waals surface area contributed by atoms with Gasteiger partial charge in [-0.15, -0.1) is 0 Å². The highest BCUT2D eigenvalue weighted by atomic mass is 16.5. The Balaban J connectivity index is 2.02. The van der Waals surface area contributed by atoms with Crippen molar-refractivity contribution in [2.45, 2.75) is 45.9 Å². The number of hydrogen-bond acceptors (Lipinski definition) is 5. The third-order valence-corrected chi connectivity index (χ3v) is 3.33. The molecule has 0 radical (unpaired) electrons. The van der Waals surface area contributed by atoms with E-state index in [9.17, 15) is 9.59 Å². The topological polar surface area (TPSA) is 80.6 Å². The van der Waals surface area contributed by atoms with E-state index >= 15 is 0 Å². The summed E-state index contributed by atoms with van der Waals surface area (Å²) in [5, 5.41) is 5.93. The summed E-state index contributed by atoms with van der Waals surface area (Å²) in [7, 11) is 0. The number of rotatable bonds is 6. The van der Waals surface area contributed by atoms with Crippen LogP contribution in [-0.2, 0) is 16.1 Å². The minimum atomic E-state index is -0.884. The molecule has 1 amide bonds. The molecule has 1 aromatic carbocycles. The second-order valence-electron chi connectivity index (χ2n) is 6.77. The number of hydrogen-bond donors (Lipinski definition) is 2. The molecule has 6 heteroatoms. The molecule has 0 unspecified atom stereocenters. The van der Waals surface area contributed by atoms with E-state index < -0.39 is 12.1 Å². The van der Waals surface area contributed by atoms with Crippen LogP contribution in [0, 0.1) is 0 Å². The second-order valence-corrected chi connectivity index (χ2v) is 6.77. The normalized spacial score (nSPS) is 12.3. The predicted octanol–water partition coefficient (Wildman–Crippen LogP) is 3.35. The summed E-state index contributed by atoms with van der Waals surface area (Å²) < 4.78 is 10.6. The molecule has 1 heterocycles. The van der Waals surface area contributed by atoms with Crippen molar-refractivity contribution in [2.75, 3.05) is 5.32 Å². The number of benzene rings is 1. The fraction of sp³-hybridized carbons (Fsp3) is 0.368. The number of anilines is 1. The van der Waals surface area contributed by atoms with Crippen LogP contribution in [0.15, 0.2) is 47.1 Å². The molecule has 25 heavy (non-hydrogen) atoms. The highest BCUT2D eigenvalue weighted by molar-refractivity contribution is 5.97. The van der Waals surface area contributed by atoms with E-state index in [1.807, 2.05) is 32.9 Å². The molecule has 0 saturated heterocycles. The van der Waals surface area contributed by atoms with Gasteiger partial charge in [0.15, 0.2) is 6.10 Å². The molecule has 0 aliphatic heterocycles. The van der Waals surface area contributed by atoms with Gasteiger partial charge < -0.3 is 19.8 Å². The van der Waals surface area contributed by atoms with Gasteiger partial charge in [-0.2, -0.15) is 0 Å². The molecule has 1 aromatic heterocycles. The summed E-state index contributed by atoms with van der Waals surface area (Å²) in [6, 6.07) is 10.6. The maximum Gasteiger partial charge on any atom is 0.341 e. The first kappa shape index (κ1) is 18.6. The lowest BCUT2D eigenvalue weighted by molar-refractivity contribution is -0.130. The molecule has 0 aliphatic rings. The number of furan rings is 1. The lowest BCUT2D eigenvalue weighted by atomic mass is 10.1. The van der Waals surface area contributed by atoms with Crippen molar-refractivity contribution in [3.8, 4) is 0 Å². The van der Waals surface area contributed by atoms with Crippen LogP contribution in [0.2, 0.25) is 0 Å². The minimum absolute atomic E-state index is 0.332. The largest absolute Gasteiger partial charge is 0.467 e. The summed E-state index contributed by atoms with van der Waals surface area (Å²) >= 11 is 0. The first-order valence-corrected chi connectivity index (χ1v) is 8.14. The van der Waals surface area contributed by atoms with Crippen molar-refractivity contribution in [3.05, 3.63) is 54.0 Å². The van der Waals surface area contributed by atoms with Gasteiger partial charge in [0.25, 0.3) is 5.91 Å². The van der Waals surface area contributed by atoms with Crippen molar-refractivity contribution >= 4 is 17.6 Å². The predicted molar refractivity (Wildman–Crippen MR) is 95.2 cm³/mol. The SMILES string of the molecule is C[C@@H](OC(=O)c1ccccc1NCc1ccco1)C(=O)NC(C)(C)C. The number of carbonyl (C=O) groups is 2. The highest BCUT2D eigenvalue weighted by Gasteiger charge is 2.23. The molecular weight excluding hydrogens is 320 g/mol. The fourth-order valence-corrected chi connectivity index (χ4v) is 2.16. The first-order valence-electron chi connectivity index (χ1n) is 8.14. The maximum absolute atomic E-state index is 12.4. The molecular formula is C19H24N2O4. The maximum atomic E-state index is 12.4. The Labute approximate surface area is 147 Å². The molecule has 0 saturated carbocycles. The number of nitrogens with one attached hydrogen (secondary N) is 2. The second kappa shape index (κ2) is 7.88. The van der Waals surface area contributed by atoms with Gasteiger partial charge in [-0.25, -0.2) is 4.79 Å². The van der Waals surface area contributed by atoms with Gasteiger partial charge in [-0.05, 0) is 52.0 Å². The standard InChI is InChI=1S/C19H24N2O4/c1-13(17(22)21-19(2,3)4)25-18(23)15-9-5-6-10-16(15)20-12-14-8-7-11-24-14/h5-11,13,20H,12H2,1-4H3,(H,21,22)/t13-/m1/s1. The number of carbonyl (C=O) groups excluding carboxylic acids is 2. The average molecular weight is 344 g/mol. The van der Waals surface area contributed by atoms with E-state index in [0.29, 0.717) is 17.8 Å². The Hall–Kier alpha value is -2.76. The zero-order valence-electron chi connectivity index (χ0n) is 15.0. The smallest absolute Gasteiger partial charge is 0.341 e. The average Bonchev–Trinajstić information content (AvgIpc) is 3.05. The molecule has 0 bridgehead atoms. The highest BCUT2D eigenvalue weighted by Crippen LogP contribution is 2.18. The van der Waals surface area contributed by atoms with E-state index in [1.54, 1.807) is 37.5 Å². The quantitative estimate of drug-likeness (QED) is 0.786. The van der Waals surface area contributed by atoms with E-state index in [-0.39, 0.29) is 11.4 Å². The molecule has 2 aromatic rings. The van der Waals surface area contributed by atoms with Crippen molar-refractivity contribution in [2.24, 2.45) is 0 Å². The molecule has 6 nitrogen and oxygen atoms in total. The molecule has 0 fully saturated rings. The molecule has 0 aliphatic carbocycles. The molecule has 0 spiro atoms. The Morgan fingerprint density at radius 1 is 1.16 bits per heavy atom. The van der Waals surface area contributed by atoms with Crippen molar-refractivity contribution in [1.29, 1.82) is 0 Å². The lowest BCUT2D eigenvalue weighted by Gasteiger charge is -2.23. The summed E-state index contributed by atoms with van der Waals surface area (Å²) in [6.45, 7) is 7.60. The third-order valence-electron chi connectivity index (χ3n) is 3.33. The Morgan fingerprint density at radius 2 is 1.88 bits per heavy atom. The van der Waals surface area contributed by atoms with E-state index in [4.69, 9.17) is 9.15 Å². The van der Waals surface area contributed by atoms with Crippen LogP contribution in [0.25, 0.3) is 0 Å². The van der Waals surface area contributed by atoms with E-state index in [0.717, 1.165) is 5.76 Å². The molecule has 2 N–H and O–H groups in total. The van der Waals surface area contributed by atoms with Crippen molar-refractivity contribution in [1.82, 2.24) is 5.32 Å².